The molecule has 0 bridgehead atoms. The Balaban J connectivity index is 1.25. The molecule has 0 radical (unpaired) electrons. The zero-order valence-electron chi connectivity index (χ0n) is 35.4. The average Bonchev–Trinajstić information content (AvgIpc) is 3.73. The van der Waals surface area contributed by atoms with Crippen LogP contribution < -0.4 is 0 Å². The minimum Gasteiger partial charge on any atom is -0.394 e. The third kappa shape index (κ3) is 6.91. The largest absolute Gasteiger partial charge is 0.394 e. The molecule has 9 unspecified atom stereocenters. The van der Waals surface area contributed by atoms with Crippen molar-refractivity contribution in [3.8, 4) is 0 Å². The van der Waals surface area contributed by atoms with E-state index in [1.165, 1.54) is 0 Å². The summed E-state index contributed by atoms with van der Waals surface area (Å²) >= 11 is 0. The summed E-state index contributed by atoms with van der Waals surface area (Å²) in [6.45, 7) is 18.2. The van der Waals surface area contributed by atoms with Crippen molar-refractivity contribution in [2.75, 3.05) is 13.2 Å². The van der Waals surface area contributed by atoms with E-state index in [9.17, 15) is 45.6 Å². The second-order valence-electron chi connectivity index (χ2n) is 21.6. The van der Waals surface area contributed by atoms with Crippen LogP contribution in [0.15, 0.2) is 0 Å². The predicted octanol–water partition coefficient (Wildman–Crippen LogP) is 1.67. The van der Waals surface area contributed by atoms with Crippen LogP contribution in [-0.2, 0) is 28.5 Å². The van der Waals surface area contributed by atoms with Crippen LogP contribution >= 0.6 is 0 Å². The van der Waals surface area contributed by atoms with Crippen LogP contribution in [0.4, 0.5) is 0 Å². The van der Waals surface area contributed by atoms with E-state index in [0.717, 1.165) is 25.7 Å². The summed E-state index contributed by atoms with van der Waals surface area (Å²) in [5.74, 6) is -0.132. The molecule has 14 nitrogen and oxygen atoms in total. The molecule has 7 aliphatic rings. The number of hydrogen-bond donors (Lipinski definition) is 8. The molecular weight excluding hydrogens is 740 g/mol. The molecule has 0 aromatic carbocycles. The smallest absolute Gasteiger partial charge is 0.187 e. The zero-order chi connectivity index (χ0) is 41.9. The molecule has 328 valence electrons. The van der Waals surface area contributed by atoms with Crippen molar-refractivity contribution < 1.29 is 69.3 Å². The lowest BCUT2D eigenvalue weighted by molar-refractivity contribution is -0.379. The Morgan fingerprint density at radius 1 is 0.737 bits per heavy atom. The molecule has 57 heavy (non-hydrogen) atoms. The number of carbonyl (C=O) groups excluding carboxylic acids is 1. The van der Waals surface area contributed by atoms with Crippen LogP contribution in [-0.4, -0.2) is 145 Å². The zero-order valence-corrected chi connectivity index (χ0v) is 35.4. The maximum atomic E-state index is 14.0. The van der Waals surface area contributed by atoms with Gasteiger partial charge in [0.05, 0.1) is 37.1 Å². The van der Waals surface area contributed by atoms with Crippen LogP contribution in [0.5, 0.6) is 0 Å². The summed E-state index contributed by atoms with van der Waals surface area (Å²) in [6, 6.07) is 0. The van der Waals surface area contributed by atoms with Gasteiger partial charge >= 0.3 is 0 Å². The number of Topliss-reactive ketones (excluding diaryl/α,β-unsaturated/α-hetero) is 1. The second-order valence-corrected chi connectivity index (χ2v) is 21.6. The van der Waals surface area contributed by atoms with Crippen LogP contribution in [0.2, 0.25) is 0 Å². The molecule has 3 heterocycles. The van der Waals surface area contributed by atoms with Crippen molar-refractivity contribution in [2.24, 2.45) is 57.2 Å². The van der Waals surface area contributed by atoms with Gasteiger partial charge in [-0.2, -0.15) is 0 Å². The molecule has 4 saturated carbocycles. The van der Waals surface area contributed by atoms with Gasteiger partial charge in [0.15, 0.2) is 12.6 Å². The molecule has 4 aliphatic carbocycles. The second kappa shape index (κ2) is 15.2. The Morgan fingerprint density at radius 3 is 1.95 bits per heavy atom. The number of fused-ring (bicyclic) bond motifs is 5. The van der Waals surface area contributed by atoms with Crippen molar-refractivity contribution >= 4 is 5.78 Å². The third-order valence-corrected chi connectivity index (χ3v) is 17.1. The number of hydrogen-bond acceptors (Lipinski definition) is 14. The van der Waals surface area contributed by atoms with E-state index in [4.69, 9.17) is 23.7 Å². The molecule has 7 fully saturated rings. The van der Waals surface area contributed by atoms with Gasteiger partial charge in [0.2, 0.25) is 0 Å². The molecule has 0 aromatic rings. The maximum absolute atomic E-state index is 14.0. The summed E-state index contributed by atoms with van der Waals surface area (Å²) in [4.78, 5) is 14.0. The Labute approximate surface area is 337 Å². The number of aliphatic hydroxyl groups excluding tert-OH is 8. The normalized spacial score (nSPS) is 55.2. The minimum atomic E-state index is -1.80. The van der Waals surface area contributed by atoms with Gasteiger partial charge in [0.1, 0.15) is 54.6 Å². The molecule has 7 rings (SSSR count). The van der Waals surface area contributed by atoms with E-state index in [1.54, 1.807) is 0 Å². The highest BCUT2D eigenvalue weighted by Gasteiger charge is 2.72. The maximum Gasteiger partial charge on any atom is 0.187 e. The van der Waals surface area contributed by atoms with Gasteiger partial charge in [0, 0.05) is 17.8 Å². The SMILES string of the molecule is C[C@@H]1CC(=O)C(C)(C)C2C1C1C[C@@H](O)C3C([C@]4(C)CC[C@H](C(C)(C)C)O4)CC[C@@]3(C)[C@]1(C)C[C@@H]2O[C@H]1OC(CO)[C@H](O)C(O)[C@H]1O[C@H]1OC(CO)[C@H](O)C(O)[C@H]1O. The Kier molecular flexibility index (Phi) is 11.8. The first-order valence-corrected chi connectivity index (χ1v) is 21.6. The fourth-order valence-electron chi connectivity index (χ4n) is 13.7. The molecule has 22 atom stereocenters. The lowest BCUT2D eigenvalue weighted by atomic mass is 9.37. The lowest BCUT2D eigenvalue weighted by Crippen LogP contribution is -2.69. The molecule has 3 aliphatic heterocycles. The van der Waals surface area contributed by atoms with E-state index in [2.05, 4.69) is 48.5 Å². The minimum absolute atomic E-state index is 0.00353. The van der Waals surface area contributed by atoms with Crippen LogP contribution in [0.3, 0.4) is 0 Å². The van der Waals surface area contributed by atoms with Crippen molar-refractivity contribution in [2.45, 2.75) is 193 Å². The fraction of sp³-hybridized carbons (Fsp3) is 0.977. The topological polar surface area (TPSA) is 225 Å². The lowest BCUT2D eigenvalue weighted by Gasteiger charge is -2.68. The first-order valence-electron chi connectivity index (χ1n) is 21.6. The van der Waals surface area contributed by atoms with Crippen molar-refractivity contribution in [3.05, 3.63) is 0 Å². The Hall–Kier alpha value is -0.850. The van der Waals surface area contributed by atoms with Crippen molar-refractivity contribution in [1.29, 1.82) is 0 Å². The van der Waals surface area contributed by atoms with Gasteiger partial charge in [0.25, 0.3) is 0 Å². The van der Waals surface area contributed by atoms with Gasteiger partial charge in [-0.3, -0.25) is 4.79 Å². The number of ether oxygens (including phenoxy) is 5. The monoisotopic (exact) mass is 812 g/mol. The van der Waals surface area contributed by atoms with Gasteiger partial charge in [-0.1, -0.05) is 55.4 Å². The number of ketones is 1. The van der Waals surface area contributed by atoms with Gasteiger partial charge in [-0.05, 0) is 91.3 Å². The first-order chi connectivity index (χ1) is 26.4. The highest BCUT2D eigenvalue weighted by Crippen LogP contribution is 2.74. The van der Waals surface area contributed by atoms with E-state index in [-0.39, 0.29) is 63.8 Å². The first kappa shape index (κ1) is 44.2. The summed E-state index contributed by atoms with van der Waals surface area (Å²) in [5.41, 5.74) is -1.96. The van der Waals surface area contributed by atoms with Gasteiger partial charge in [-0.15, -0.1) is 0 Å². The van der Waals surface area contributed by atoms with Crippen molar-refractivity contribution in [3.63, 3.8) is 0 Å². The quantitative estimate of drug-likeness (QED) is 0.171. The molecule has 8 N–H and O–H groups in total. The summed E-state index contributed by atoms with van der Waals surface area (Å²) in [7, 11) is 0. The molecule has 0 aromatic heterocycles. The molecule has 14 heteroatoms. The summed E-state index contributed by atoms with van der Waals surface area (Å²) < 4.78 is 31.9. The van der Waals surface area contributed by atoms with Crippen LogP contribution in [0, 0.1) is 57.2 Å². The molecular formula is C43H72O14. The Bertz CT molecular complexity index is 1470. The van der Waals surface area contributed by atoms with E-state index in [0.29, 0.717) is 19.3 Å². The molecule has 0 amide bonds. The Morgan fingerprint density at radius 2 is 1.35 bits per heavy atom. The van der Waals surface area contributed by atoms with Crippen LogP contribution in [0.1, 0.15) is 107 Å². The van der Waals surface area contributed by atoms with Gasteiger partial charge in [-0.25, -0.2) is 0 Å². The average molecular weight is 813 g/mol. The number of aliphatic hydroxyl groups is 8. The standard InChI is InChI=1S/C43H72O14/c1-19-14-26(47)40(5,6)30-23(53-38-36(34(51)32(49)25(18-45)55-38)56-37-35(52)33(50)31(48)24(17-44)54-37)16-42(8)21(28(19)30)15-22(46)29-20(10-12-41(29,42)7)43(9)13-11-27(57-43)39(2,3)4/h19-25,27-38,44-46,48-52H,10-18H2,1-9H3/t19-,20?,21?,22-,23+,24?,25?,27-,28?,29?,30?,31+,32+,33?,34?,35-,36-,37-,38+,41-,42-,43+/m1/s1. The van der Waals surface area contributed by atoms with E-state index >= 15 is 0 Å². The van der Waals surface area contributed by atoms with Crippen molar-refractivity contribution in [1.82, 2.24) is 0 Å². The highest BCUT2D eigenvalue weighted by molar-refractivity contribution is 5.85. The number of carbonyl (C=O) groups is 1. The van der Waals surface area contributed by atoms with E-state index in [1.807, 2.05) is 13.8 Å². The number of rotatable bonds is 7. The summed E-state index contributed by atoms with van der Waals surface area (Å²) in [6.07, 6.45) is -11.7. The van der Waals surface area contributed by atoms with Gasteiger partial charge < -0.3 is 64.5 Å². The van der Waals surface area contributed by atoms with Crippen LogP contribution in [0.25, 0.3) is 0 Å². The van der Waals surface area contributed by atoms with E-state index < -0.39 is 97.7 Å². The third-order valence-electron chi connectivity index (χ3n) is 17.1. The summed E-state index contributed by atoms with van der Waals surface area (Å²) in [5, 5.41) is 86.9. The molecule has 3 saturated heterocycles. The fourth-order valence-corrected chi connectivity index (χ4v) is 13.7. The highest BCUT2D eigenvalue weighted by atomic mass is 16.8. The predicted molar refractivity (Wildman–Crippen MR) is 204 cm³/mol. The molecule has 0 spiro atoms.